The lowest BCUT2D eigenvalue weighted by atomic mass is 9.80. The van der Waals surface area contributed by atoms with E-state index in [4.69, 9.17) is 73.9 Å². The van der Waals surface area contributed by atoms with Crippen molar-refractivity contribution >= 4 is 86.9 Å². The third-order valence-electron chi connectivity index (χ3n) is 27.7. The van der Waals surface area contributed by atoms with Gasteiger partial charge >= 0.3 is 12.1 Å². The molecule has 0 unspecified atom stereocenters. The van der Waals surface area contributed by atoms with Gasteiger partial charge in [-0.1, -0.05) is 82.4 Å². The number of aromatic amines is 1. The fourth-order valence-electron chi connectivity index (χ4n) is 19.5. The van der Waals surface area contributed by atoms with Gasteiger partial charge in [0.05, 0.1) is 107 Å². The van der Waals surface area contributed by atoms with Crippen LogP contribution in [-0.2, 0) is 109 Å². The van der Waals surface area contributed by atoms with Crippen LogP contribution in [0, 0.1) is 29.6 Å². The van der Waals surface area contributed by atoms with Crippen molar-refractivity contribution < 1.29 is 95.9 Å². The standard InChI is InChI=1S/C100H134N18O20/c1-61-15-11-10-12-16-62(2)81(129-7)51-75-22-18-66(6)100(128,138-75)90(123)95(125)117-30-14-13-17-78(117)96(126)136-82(52-79(119)63(3)46-65(5)88(122)89(131-9)87(121)64(4)45-61)76(101)48-67-20-23-80(83(49-67)130-8)137-99(127)116-32-26-77-74(59-116)56-108-98(111-77)114-35-33-113(34-36-114)97-106-54-73(55-107-97)94(124)104-29-38-133-40-42-135-44-43-134-41-39-132-37-27-84(120)115-31-25-69-47-68(19-21-71(69)58-115)57-118-93-85(91(102)109-60-110-93)86(112-118)72-50-70-24-28-103-92(70)105-53-72/h10-12,15-16,19,21,24,28,46-47,50,53-56,60-61,63-64,66-67,75-76,78,80-83,88-89,122,128H,13-14,17-18,20,22-23,25-27,29-45,48-49,51-52,57-59,101H2,1-9H3,(H,103,105)(H,104,124)(H2,102,109,110)/b12-10+,15-11+,62-16+,65-46+/t61-,63-,64-,66-,67+,75+,76-,78+,80-,81+,82+,83-,88-,89+,100-/m1/s1. The SMILES string of the molecule is CO[C@H]1C[C@@H]2CC[C@@H](C)[C@@](O)(O2)C(=O)C(=O)N2CCCC[C@H]2C(=O)O[C@H]([C@H](N)C[C@@H]2CC[C@@H](OC(=O)N3CCc4nc(N5CCN(c6ncc(C(=O)NCCOCCOCCOCCOCCC(=O)N7CCc8cc(Cn9nc(-c%10cnc%11[nH]ccc%11c%10)c%10c(N)ncnc%109)ccc8C7)cn6)CC5)ncc4C3)[C@H](OC)C2)CC(=O)[C@H](C)/C=C(\C)[C@@H](O)[C@@H](OC)C(=O)[C@H](C)C[C@H](C)/C=C/C=C/C=C/1C. The summed E-state index contributed by atoms with van der Waals surface area (Å²) in [6.45, 7) is 18.0. The average molecular weight is 1910 g/mol. The number of aliphatic hydroxyl groups is 2. The summed E-state index contributed by atoms with van der Waals surface area (Å²) in [4.78, 5) is 157. The molecular weight excluding hydrogens is 1770 g/mol. The molecule has 4 fully saturated rings. The third-order valence-corrected chi connectivity index (χ3v) is 27.7. The molecule has 6 aliphatic heterocycles. The summed E-state index contributed by atoms with van der Waals surface area (Å²) in [6, 6.07) is 8.08. The normalized spacial score (nSPS) is 26.9. The Morgan fingerprint density at radius 3 is 2.17 bits per heavy atom. The Balaban J connectivity index is 0.478. The van der Waals surface area contributed by atoms with Gasteiger partial charge in [-0.2, -0.15) is 5.10 Å². The van der Waals surface area contributed by atoms with E-state index < -0.39 is 108 Å². The molecule has 3 saturated heterocycles. The highest BCUT2D eigenvalue weighted by atomic mass is 16.6. The number of nitrogens with one attached hydrogen (secondary N) is 2. The van der Waals surface area contributed by atoms with E-state index in [0.717, 1.165) is 55.9 Å². The molecule has 0 radical (unpaired) electrons. The molecule has 4 amide bonds. The van der Waals surface area contributed by atoms with Crippen molar-refractivity contribution in [1.29, 1.82) is 0 Å². The summed E-state index contributed by atoms with van der Waals surface area (Å²) in [7, 11) is 4.47. The zero-order chi connectivity index (χ0) is 97.7. The second-order valence-electron chi connectivity index (χ2n) is 37.4. The lowest BCUT2D eigenvalue weighted by Crippen LogP contribution is -2.61. The van der Waals surface area contributed by atoms with Crippen molar-refractivity contribution in [2.24, 2.45) is 35.3 Å². The van der Waals surface area contributed by atoms with Crippen molar-refractivity contribution in [3.63, 3.8) is 0 Å². The Kier molecular flexibility index (Phi) is 36.1. The number of nitrogens with two attached hydrogens (primary N) is 2. The van der Waals surface area contributed by atoms with Gasteiger partial charge in [-0.25, -0.2) is 49.2 Å². The molecule has 744 valence electrons. The summed E-state index contributed by atoms with van der Waals surface area (Å²) in [5, 5.41) is 33.3. The molecule has 6 aromatic heterocycles. The maximum absolute atomic E-state index is 14.8. The molecular formula is C100H134N18O20. The van der Waals surface area contributed by atoms with Gasteiger partial charge in [-0.3, -0.25) is 28.8 Å². The Bertz CT molecular complexity index is 5510. The van der Waals surface area contributed by atoms with Gasteiger partial charge < -0.3 is 104 Å². The van der Waals surface area contributed by atoms with E-state index in [-0.39, 0.29) is 94.4 Å². The number of methoxy groups -OCH3 is 3. The van der Waals surface area contributed by atoms with Gasteiger partial charge in [0.2, 0.25) is 23.6 Å². The van der Waals surface area contributed by atoms with Crippen LogP contribution in [0.15, 0.2) is 115 Å². The van der Waals surface area contributed by atoms with Crippen molar-refractivity contribution in [2.45, 2.75) is 218 Å². The van der Waals surface area contributed by atoms with E-state index in [1.807, 2.05) is 77.0 Å². The number of anilines is 3. The number of ether oxygens (including phenoxy) is 10. The van der Waals surface area contributed by atoms with Gasteiger partial charge in [0.1, 0.15) is 59.7 Å². The number of allylic oxidation sites excluding steroid dienone is 6. The molecule has 7 aromatic rings. The van der Waals surface area contributed by atoms with Crippen LogP contribution in [0.5, 0.6) is 0 Å². The van der Waals surface area contributed by atoms with Crippen LogP contribution in [0.25, 0.3) is 33.3 Å². The van der Waals surface area contributed by atoms with Crippen LogP contribution in [0.4, 0.5) is 22.5 Å². The highest BCUT2D eigenvalue weighted by molar-refractivity contribution is 6.39. The molecule has 12 heterocycles. The Labute approximate surface area is 804 Å². The molecule has 1 aliphatic carbocycles. The quantitative estimate of drug-likeness (QED) is 0.0117. The van der Waals surface area contributed by atoms with E-state index in [9.17, 15) is 48.6 Å². The minimum absolute atomic E-state index is 0.00315. The highest BCUT2D eigenvalue weighted by Gasteiger charge is 2.54. The number of aromatic nitrogens is 10. The topological polar surface area (TPSA) is 473 Å². The molecule has 1 saturated carbocycles. The van der Waals surface area contributed by atoms with Crippen molar-refractivity contribution in [3.8, 4) is 11.3 Å². The number of fused-ring (bicyclic) bond motifs is 7. The number of piperidine rings is 1. The smallest absolute Gasteiger partial charge is 0.410 e. The lowest BCUT2D eigenvalue weighted by Gasteiger charge is -2.42. The first-order valence-corrected chi connectivity index (χ1v) is 48.4. The minimum Gasteiger partial charge on any atom is -0.459 e. The molecule has 38 nitrogen and oxygen atoms in total. The summed E-state index contributed by atoms with van der Waals surface area (Å²) in [5.74, 6) is -7.63. The molecule has 1 aromatic carbocycles. The number of ketones is 3. The largest absolute Gasteiger partial charge is 0.459 e. The summed E-state index contributed by atoms with van der Waals surface area (Å²) in [6.07, 6.45) is 19.5. The number of pyridine rings is 1. The summed E-state index contributed by atoms with van der Waals surface area (Å²) < 4.78 is 61.0. The minimum atomic E-state index is -2.51. The predicted molar refractivity (Wildman–Crippen MR) is 511 cm³/mol. The number of aliphatic hydroxyl groups excluding tert-OH is 1. The van der Waals surface area contributed by atoms with Crippen LogP contribution in [-0.4, -0.2) is 309 Å². The van der Waals surface area contributed by atoms with Crippen LogP contribution in [0.1, 0.15) is 163 Å². The first-order valence-electron chi connectivity index (χ1n) is 48.4. The van der Waals surface area contributed by atoms with Crippen LogP contribution in [0.3, 0.4) is 0 Å². The Morgan fingerprint density at radius 1 is 0.703 bits per heavy atom. The lowest BCUT2D eigenvalue weighted by molar-refractivity contribution is -0.265. The van der Waals surface area contributed by atoms with Crippen molar-refractivity contribution in [1.82, 2.24) is 69.7 Å². The zero-order valence-electron chi connectivity index (χ0n) is 80.6. The van der Waals surface area contributed by atoms with Gasteiger partial charge in [-0.15, -0.1) is 0 Å². The number of piperazine rings is 1. The molecule has 7 aliphatic rings. The number of esters is 1. The number of carbonyl (C=O) groups is 8. The molecule has 138 heavy (non-hydrogen) atoms. The van der Waals surface area contributed by atoms with Crippen LogP contribution in [0.2, 0.25) is 0 Å². The molecule has 14 rings (SSSR count). The number of H-pyrrole nitrogens is 1. The van der Waals surface area contributed by atoms with Gasteiger partial charge in [-0.05, 0) is 136 Å². The summed E-state index contributed by atoms with van der Waals surface area (Å²) in [5.41, 5.74) is 22.9. The number of Topliss-reactive ketones (excluding diaryl/α,β-unsaturated/α-hetero) is 3. The maximum atomic E-state index is 14.8. The summed E-state index contributed by atoms with van der Waals surface area (Å²) >= 11 is 0. The van der Waals surface area contributed by atoms with E-state index in [0.29, 0.717) is 195 Å². The number of hydrogen-bond acceptors (Lipinski definition) is 32. The third kappa shape index (κ3) is 25.8. The number of nitrogen functional groups attached to an aromatic ring is 1. The van der Waals surface area contributed by atoms with Gasteiger partial charge in [0.25, 0.3) is 17.6 Å². The zero-order valence-corrected chi connectivity index (χ0v) is 80.6. The number of nitrogens with zero attached hydrogens (tertiary/aromatic N) is 14. The van der Waals surface area contributed by atoms with Gasteiger partial charge in [0, 0.05) is 171 Å². The highest BCUT2D eigenvalue weighted by Crippen LogP contribution is 2.40. The van der Waals surface area contributed by atoms with E-state index in [2.05, 4.69) is 58.3 Å². The first-order chi connectivity index (χ1) is 66.6. The number of amides is 4. The fraction of sp³-hybridized carbons (Fsp3) is 0.580. The molecule has 0 spiro atoms. The van der Waals surface area contributed by atoms with Crippen LogP contribution < -0.4 is 26.6 Å². The fourth-order valence-corrected chi connectivity index (χ4v) is 19.5. The predicted octanol–water partition coefficient (Wildman–Crippen LogP) is 8.07. The molecule has 15 atom stereocenters. The molecule has 38 heteroatoms. The molecule has 2 bridgehead atoms. The number of benzene rings is 1. The van der Waals surface area contributed by atoms with Crippen molar-refractivity contribution in [2.75, 3.05) is 142 Å². The molecule has 8 N–H and O–H groups in total. The second kappa shape index (κ2) is 48.5. The Hall–Kier alpha value is -11.3. The van der Waals surface area contributed by atoms with E-state index in [1.165, 1.54) is 31.4 Å². The van der Waals surface area contributed by atoms with Crippen LogP contribution >= 0.6 is 0 Å². The van der Waals surface area contributed by atoms with Gasteiger partial charge in [0.15, 0.2) is 11.4 Å². The van der Waals surface area contributed by atoms with E-state index in [1.54, 1.807) is 65.3 Å². The monoisotopic (exact) mass is 1910 g/mol. The van der Waals surface area contributed by atoms with E-state index >= 15 is 0 Å². The van der Waals surface area contributed by atoms with Crippen molar-refractivity contribution in [3.05, 3.63) is 149 Å². The number of cyclic esters (lactones) is 1. The number of carbonyl (C=O) groups excluding carboxylic acids is 8. The maximum Gasteiger partial charge on any atom is 0.410 e. The number of rotatable bonds is 28. The second-order valence-corrected chi connectivity index (χ2v) is 37.4. The number of hydrogen-bond donors (Lipinski definition) is 6. The Morgan fingerprint density at radius 2 is 1.43 bits per heavy atom. The average Bonchev–Trinajstić information content (AvgIpc) is 1.26. The first kappa shape index (κ1) is 103.